The molecular formula is C16H24BrNO4. The van der Waals surface area contributed by atoms with Crippen molar-refractivity contribution in [3.63, 3.8) is 0 Å². The SMILES string of the molecule is CCOC(=O)C[N+]1(C)CCc2cc(OC)c(OC)cc2C1.[Br-]. The van der Waals surface area contributed by atoms with Crippen LogP contribution in [-0.2, 0) is 22.5 Å². The molecule has 0 saturated heterocycles. The fraction of sp³-hybridized carbons (Fsp3) is 0.562. The van der Waals surface area contributed by atoms with Crippen LogP contribution in [0.25, 0.3) is 0 Å². The standard InChI is InChI=1S/C16H24NO4.BrH/c1-5-21-16(18)11-17(2)7-6-12-8-14(19-3)15(20-4)9-13(12)10-17;/h8-9H,5-7,10-11H2,1-4H3;1H/q+1;/p-1. The van der Waals surface area contributed by atoms with E-state index in [0.717, 1.165) is 31.0 Å². The largest absolute Gasteiger partial charge is 1.00 e. The van der Waals surface area contributed by atoms with Crippen LogP contribution in [0.2, 0.25) is 0 Å². The zero-order valence-electron chi connectivity index (χ0n) is 13.6. The first-order chi connectivity index (χ1) is 10.0. The van der Waals surface area contributed by atoms with E-state index < -0.39 is 0 Å². The van der Waals surface area contributed by atoms with Gasteiger partial charge < -0.3 is 35.7 Å². The highest BCUT2D eigenvalue weighted by atomic mass is 79.9. The number of esters is 1. The van der Waals surface area contributed by atoms with Crippen molar-refractivity contribution < 1.29 is 40.5 Å². The quantitative estimate of drug-likeness (QED) is 0.479. The summed E-state index contributed by atoms with van der Waals surface area (Å²) < 4.78 is 16.5. The predicted octanol–water partition coefficient (Wildman–Crippen LogP) is -1.23. The van der Waals surface area contributed by atoms with Crippen molar-refractivity contribution in [2.75, 3.05) is 41.0 Å². The van der Waals surface area contributed by atoms with Crippen LogP contribution < -0.4 is 26.5 Å². The molecule has 0 bridgehead atoms. The summed E-state index contributed by atoms with van der Waals surface area (Å²) in [5.74, 6) is 1.36. The van der Waals surface area contributed by atoms with E-state index >= 15 is 0 Å². The summed E-state index contributed by atoms with van der Waals surface area (Å²) in [5.41, 5.74) is 2.48. The van der Waals surface area contributed by atoms with E-state index in [0.29, 0.717) is 17.6 Å². The average Bonchev–Trinajstić information content (AvgIpc) is 2.45. The van der Waals surface area contributed by atoms with Gasteiger partial charge in [-0.05, 0) is 24.6 Å². The number of hydrogen-bond donors (Lipinski definition) is 0. The molecule has 0 amide bonds. The minimum absolute atomic E-state index is 0. The first-order valence-corrected chi connectivity index (χ1v) is 7.24. The van der Waals surface area contributed by atoms with Gasteiger partial charge in [0.05, 0.1) is 34.4 Å². The first-order valence-electron chi connectivity index (χ1n) is 7.24. The van der Waals surface area contributed by atoms with Gasteiger partial charge in [-0.2, -0.15) is 0 Å². The van der Waals surface area contributed by atoms with E-state index in [-0.39, 0.29) is 23.0 Å². The molecule has 0 radical (unpaired) electrons. The van der Waals surface area contributed by atoms with Gasteiger partial charge in [-0.25, -0.2) is 4.79 Å². The molecule has 1 heterocycles. The van der Waals surface area contributed by atoms with Gasteiger partial charge >= 0.3 is 5.97 Å². The van der Waals surface area contributed by atoms with Crippen molar-refractivity contribution in [3.8, 4) is 11.5 Å². The smallest absolute Gasteiger partial charge is 0.361 e. The Morgan fingerprint density at radius 3 is 2.32 bits per heavy atom. The molecule has 5 nitrogen and oxygen atoms in total. The Balaban J connectivity index is 0.00000242. The van der Waals surface area contributed by atoms with E-state index in [1.165, 1.54) is 11.1 Å². The monoisotopic (exact) mass is 373 g/mol. The summed E-state index contributed by atoms with van der Waals surface area (Å²) in [6.07, 6.45) is 0.922. The molecular weight excluding hydrogens is 350 g/mol. The molecule has 0 N–H and O–H groups in total. The van der Waals surface area contributed by atoms with Gasteiger partial charge in [-0.3, -0.25) is 0 Å². The number of benzene rings is 1. The molecule has 0 fully saturated rings. The van der Waals surface area contributed by atoms with Crippen molar-refractivity contribution in [1.29, 1.82) is 0 Å². The highest BCUT2D eigenvalue weighted by Gasteiger charge is 2.32. The second kappa shape index (κ2) is 7.83. The normalized spacial score (nSPS) is 19.6. The Bertz CT molecular complexity index is 535. The second-order valence-electron chi connectivity index (χ2n) is 5.69. The molecule has 2 rings (SSSR count). The number of carbonyl (C=O) groups is 1. The summed E-state index contributed by atoms with van der Waals surface area (Å²) >= 11 is 0. The van der Waals surface area contributed by atoms with Crippen molar-refractivity contribution >= 4 is 5.97 Å². The zero-order valence-corrected chi connectivity index (χ0v) is 15.2. The van der Waals surface area contributed by atoms with Crippen LogP contribution in [-0.4, -0.2) is 51.4 Å². The molecule has 0 spiro atoms. The van der Waals surface area contributed by atoms with Crippen LogP contribution in [0.1, 0.15) is 18.1 Å². The summed E-state index contributed by atoms with van der Waals surface area (Å²) in [6.45, 7) is 4.39. The fourth-order valence-electron chi connectivity index (χ4n) is 2.88. The third-order valence-corrected chi connectivity index (χ3v) is 3.99. The second-order valence-corrected chi connectivity index (χ2v) is 5.69. The van der Waals surface area contributed by atoms with Crippen molar-refractivity contribution in [3.05, 3.63) is 23.3 Å². The lowest BCUT2D eigenvalue weighted by Gasteiger charge is -2.38. The van der Waals surface area contributed by atoms with Gasteiger partial charge in [-0.1, -0.05) is 0 Å². The Labute approximate surface area is 142 Å². The Morgan fingerprint density at radius 1 is 1.18 bits per heavy atom. The van der Waals surface area contributed by atoms with Crippen molar-refractivity contribution in [2.24, 2.45) is 0 Å². The first kappa shape index (κ1) is 18.8. The molecule has 1 aliphatic rings. The van der Waals surface area contributed by atoms with Crippen LogP contribution in [0.5, 0.6) is 11.5 Å². The molecule has 0 aromatic heterocycles. The number of rotatable bonds is 5. The Morgan fingerprint density at radius 2 is 1.77 bits per heavy atom. The number of nitrogens with zero attached hydrogens (tertiary/aromatic N) is 1. The molecule has 0 saturated carbocycles. The van der Waals surface area contributed by atoms with E-state index in [1.807, 2.05) is 19.1 Å². The maximum atomic E-state index is 11.8. The summed E-state index contributed by atoms with van der Waals surface area (Å²) in [5, 5.41) is 0. The summed E-state index contributed by atoms with van der Waals surface area (Å²) in [7, 11) is 5.38. The van der Waals surface area contributed by atoms with Gasteiger partial charge in [0.2, 0.25) is 0 Å². The molecule has 1 aromatic carbocycles. The molecule has 0 aliphatic carbocycles. The zero-order chi connectivity index (χ0) is 15.5. The number of halogens is 1. The summed E-state index contributed by atoms with van der Waals surface area (Å²) in [4.78, 5) is 11.8. The lowest BCUT2D eigenvalue weighted by atomic mass is 9.97. The van der Waals surface area contributed by atoms with Crippen LogP contribution in [0.4, 0.5) is 0 Å². The predicted molar refractivity (Wildman–Crippen MR) is 79.5 cm³/mol. The minimum atomic E-state index is -0.135. The lowest BCUT2D eigenvalue weighted by Crippen LogP contribution is -3.00. The highest BCUT2D eigenvalue weighted by Crippen LogP contribution is 2.34. The number of likely N-dealkylation sites (N-methyl/N-ethyl adjacent to an activating group) is 1. The van der Waals surface area contributed by atoms with E-state index in [9.17, 15) is 4.79 Å². The fourth-order valence-corrected chi connectivity index (χ4v) is 2.88. The molecule has 1 aliphatic heterocycles. The maximum absolute atomic E-state index is 11.8. The van der Waals surface area contributed by atoms with Crippen molar-refractivity contribution in [2.45, 2.75) is 19.9 Å². The van der Waals surface area contributed by atoms with E-state index in [1.54, 1.807) is 14.2 Å². The van der Waals surface area contributed by atoms with Gasteiger partial charge in [0.25, 0.3) is 0 Å². The summed E-state index contributed by atoms with van der Waals surface area (Å²) in [6, 6.07) is 4.07. The third-order valence-electron chi connectivity index (χ3n) is 3.99. The molecule has 1 atom stereocenters. The Kier molecular flexibility index (Phi) is 6.68. The molecule has 124 valence electrons. The topological polar surface area (TPSA) is 44.8 Å². The van der Waals surface area contributed by atoms with E-state index in [4.69, 9.17) is 14.2 Å². The maximum Gasteiger partial charge on any atom is 0.361 e. The Hall–Kier alpha value is -1.27. The van der Waals surface area contributed by atoms with Gasteiger partial charge in [0.1, 0.15) is 6.54 Å². The molecule has 22 heavy (non-hydrogen) atoms. The van der Waals surface area contributed by atoms with Gasteiger partial charge in [0.15, 0.2) is 18.0 Å². The minimum Gasteiger partial charge on any atom is -1.00 e. The number of fused-ring (bicyclic) bond motifs is 1. The number of carbonyl (C=O) groups excluding carboxylic acids is 1. The van der Waals surface area contributed by atoms with Gasteiger partial charge in [-0.15, -0.1) is 0 Å². The number of methoxy groups -OCH3 is 2. The number of hydrogen-bond acceptors (Lipinski definition) is 4. The van der Waals surface area contributed by atoms with Crippen LogP contribution >= 0.6 is 0 Å². The average molecular weight is 374 g/mol. The number of ether oxygens (including phenoxy) is 3. The van der Waals surface area contributed by atoms with E-state index in [2.05, 4.69) is 7.05 Å². The molecule has 1 unspecified atom stereocenters. The van der Waals surface area contributed by atoms with Crippen molar-refractivity contribution in [1.82, 2.24) is 0 Å². The third kappa shape index (κ3) is 4.14. The van der Waals surface area contributed by atoms with Crippen LogP contribution in [0.15, 0.2) is 12.1 Å². The number of quaternary nitrogens is 1. The van der Waals surface area contributed by atoms with Crippen LogP contribution in [0.3, 0.4) is 0 Å². The van der Waals surface area contributed by atoms with Crippen LogP contribution in [0, 0.1) is 0 Å². The van der Waals surface area contributed by atoms with Gasteiger partial charge in [0, 0.05) is 12.0 Å². The highest BCUT2D eigenvalue weighted by molar-refractivity contribution is 5.70. The molecule has 6 heteroatoms. The molecule has 1 aromatic rings. The lowest BCUT2D eigenvalue weighted by molar-refractivity contribution is -0.917.